The molecule has 0 aromatic carbocycles. The van der Waals surface area contributed by atoms with Crippen molar-refractivity contribution in [3.63, 3.8) is 0 Å². The van der Waals surface area contributed by atoms with Gasteiger partial charge in [-0.3, -0.25) is 0 Å². The molecule has 1 saturated heterocycles. The number of hydrogen-bond acceptors (Lipinski definition) is 3. The fourth-order valence-corrected chi connectivity index (χ4v) is 2.75. The van der Waals surface area contributed by atoms with Gasteiger partial charge in [-0.2, -0.15) is 0 Å². The summed E-state index contributed by atoms with van der Waals surface area (Å²) >= 11 is 0. The number of carbonyl (C=O) groups is 1. The van der Waals surface area contributed by atoms with Gasteiger partial charge in [0.25, 0.3) is 0 Å². The molecule has 1 N–H and O–H groups in total. The molecule has 16 heavy (non-hydrogen) atoms. The van der Waals surface area contributed by atoms with Crippen LogP contribution in [0.25, 0.3) is 0 Å². The third kappa shape index (κ3) is 2.48. The Kier molecular flexibility index (Phi) is 2.86. The molecule has 2 bridgehead atoms. The summed E-state index contributed by atoms with van der Waals surface area (Å²) in [4.78, 5) is 13.7. The fourth-order valence-electron chi connectivity index (χ4n) is 2.75. The zero-order valence-corrected chi connectivity index (χ0v) is 10.3. The summed E-state index contributed by atoms with van der Waals surface area (Å²) in [6.07, 6.45) is 2.09. The van der Waals surface area contributed by atoms with Crippen LogP contribution < -0.4 is 0 Å². The van der Waals surface area contributed by atoms with Gasteiger partial charge >= 0.3 is 6.09 Å². The van der Waals surface area contributed by atoms with Gasteiger partial charge in [0.1, 0.15) is 5.60 Å². The van der Waals surface area contributed by atoms with E-state index in [1.165, 1.54) is 0 Å². The number of amides is 1. The molecule has 1 aliphatic heterocycles. The van der Waals surface area contributed by atoms with Crippen LogP contribution in [0.4, 0.5) is 4.79 Å². The topological polar surface area (TPSA) is 49.8 Å². The van der Waals surface area contributed by atoms with Crippen molar-refractivity contribution in [1.82, 2.24) is 4.90 Å². The maximum atomic E-state index is 11.9. The largest absolute Gasteiger partial charge is 0.444 e. The number of aliphatic hydroxyl groups excluding tert-OH is 1. The van der Waals surface area contributed by atoms with Crippen LogP contribution in [0.5, 0.6) is 0 Å². The van der Waals surface area contributed by atoms with E-state index >= 15 is 0 Å². The van der Waals surface area contributed by atoms with Gasteiger partial charge in [0.05, 0.1) is 6.10 Å². The van der Waals surface area contributed by atoms with E-state index in [0.717, 1.165) is 19.4 Å². The van der Waals surface area contributed by atoms with Crippen LogP contribution >= 0.6 is 0 Å². The maximum Gasteiger partial charge on any atom is 0.410 e. The summed E-state index contributed by atoms with van der Waals surface area (Å²) in [6.45, 7) is 6.38. The van der Waals surface area contributed by atoms with Gasteiger partial charge < -0.3 is 14.7 Å². The van der Waals surface area contributed by atoms with Gasteiger partial charge in [-0.05, 0) is 46.0 Å². The van der Waals surface area contributed by atoms with Crippen LogP contribution in [0, 0.1) is 5.92 Å². The highest BCUT2D eigenvalue weighted by Crippen LogP contribution is 2.36. The number of rotatable bonds is 0. The third-order valence-corrected chi connectivity index (χ3v) is 3.28. The van der Waals surface area contributed by atoms with Crippen molar-refractivity contribution in [2.45, 2.75) is 57.8 Å². The van der Waals surface area contributed by atoms with E-state index in [1.807, 2.05) is 20.8 Å². The lowest BCUT2D eigenvalue weighted by molar-refractivity contribution is 0.0194. The van der Waals surface area contributed by atoms with Gasteiger partial charge in [0, 0.05) is 12.6 Å². The normalized spacial score (nSPS) is 34.0. The first kappa shape index (κ1) is 11.7. The van der Waals surface area contributed by atoms with E-state index in [2.05, 4.69) is 0 Å². The van der Waals surface area contributed by atoms with E-state index < -0.39 is 5.60 Å². The molecule has 2 fully saturated rings. The molecule has 1 heterocycles. The first-order valence-electron chi connectivity index (χ1n) is 6.03. The van der Waals surface area contributed by atoms with Crippen LogP contribution in [0.3, 0.4) is 0 Å². The maximum absolute atomic E-state index is 11.9. The van der Waals surface area contributed by atoms with Gasteiger partial charge in [0.2, 0.25) is 0 Å². The smallest absolute Gasteiger partial charge is 0.410 e. The number of aliphatic hydroxyl groups is 1. The summed E-state index contributed by atoms with van der Waals surface area (Å²) in [7, 11) is 0. The van der Waals surface area contributed by atoms with E-state index in [4.69, 9.17) is 4.74 Å². The summed E-state index contributed by atoms with van der Waals surface area (Å²) in [6, 6.07) is 0.184. The van der Waals surface area contributed by atoms with Crippen LogP contribution in [0.1, 0.15) is 40.0 Å². The molecular formula is C12H21NO3. The number of hydrogen-bond donors (Lipinski definition) is 1. The first-order chi connectivity index (χ1) is 7.35. The van der Waals surface area contributed by atoms with Crippen molar-refractivity contribution < 1.29 is 14.6 Å². The monoisotopic (exact) mass is 227 g/mol. The highest BCUT2D eigenvalue weighted by molar-refractivity contribution is 5.69. The van der Waals surface area contributed by atoms with Crippen molar-refractivity contribution in [3.05, 3.63) is 0 Å². The van der Waals surface area contributed by atoms with Crippen molar-refractivity contribution in [2.24, 2.45) is 5.92 Å². The minimum Gasteiger partial charge on any atom is -0.444 e. The van der Waals surface area contributed by atoms with Gasteiger partial charge in [-0.1, -0.05) is 0 Å². The molecule has 0 aromatic rings. The Morgan fingerprint density at radius 3 is 2.62 bits per heavy atom. The molecule has 2 rings (SSSR count). The SMILES string of the molecule is CC(C)(C)OC(=O)N1C[C@H]2C[C@H](O)C[C@@H]1C2. The molecule has 0 unspecified atom stereocenters. The Morgan fingerprint density at radius 1 is 1.31 bits per heavy atom. The highest BCUT2D eigenvalue weighted by Gasteiger charge is 2.42. The molecule has 1 amide bonds. The second-order valence-corrected chi connectivity index (χ2v) is 6.01. The average molecular weight is 227 g/mol. The predicted octanol–water partition coefficient (Wildman–Crippen LogP) is 1.77. The van der Waals surface area contributed by atoms with E-state index in [9.17, 15) is 9.90 Å². The fraction of sp³-hybridized carbons (Fsp3) is 0.917. The summed E-state index contributed by atoms with van der Waals surface area (Å²) in [5, 5.41) is 9.64. The predicted molar refractivity (Wildman–Crippen MR) is 60.1 cm³/mol. The summed E-state index contributed by atoms with van der Waals surface area (Å²) < 4.78 is 5.37. The molecule has 92 valence electrons. The molecule has 0 radical (unpaired) electrons. The van der Waals surface area contributed by atoms with Crippen molar-refractivity contribution in [2.75, 3.05) is 6.54 Å². The van der Waals surface area contributed by atoms with Crippen LogP contribution in [-0.4, -0.2) is 40.4 Å². The lowest BCUT2D eigenvalue weighted by atomic mass is 9.88. The quantitative estimate of drug-likeness (QED) is 0.686. The number of nitrogens with zero attached hydrogens (tertiary/aromatic N) is 1. The lowest BCUT2D eigenvalue weighted by Gasteiger charge is -2.29. The number of carbonyl (C=O) groups excluding carboxylic acids is 1. The summed E-state index contributed by atoms with van der Waals surface area (Å²) in [5.74, 6) is 0.460. The standard InChI is InChI=1S/C12H21NO3/c1-12(2,3)16-11(15)13-7-8-4-9(13)6-10(14)5-8/h8-10,14H,4-7H2,1-3H3/t8-,9+,10+/m1/s1. The molecule has 2 aliphatic rings. The minimum absolute atomic E-state index is 0.184. The molecule has 0 aromatic heterocycles. The Hall–Kier alpha value is -0.770. The van der Waals surface area contributed by atoms with E-state index in [1.54, 1.807) is 4.90 Å². The van der Waals surface area contributed by atoms with Crippen LogP contribution in [-0.2, 0) is 4.74 Å². The Morgan fingerprint density at radius 2 is 2.00 bits per heavy atom. The van der Waals surface area contributed by atoms with Gasteiger partial charge in [-0.25, -0.2) is 4.79 Å². The number of ether oxygens (including phenoxy) is 1. The molecule has 4 heteroatoms. The van der Waals surface area contributed by atoms with Crippen LogP contribution in [0.15, 0.2) is 0 Å². The summed E-state index contributed by atoms with van der Waals surface area (Å²) in [5.41, 5.74) is -0.438. The molecule has 1 saturated carbocycles. The lowest BCUT2D eigenvalue weighted by Crippen LogP contribution is -2.40. The Labute approximate surface area is 96.6 Å². The van der Waals surface area contributed by atoms with Crippen LogP contribution in [0.2, 0.25) is 0 Å². The van der Waals surface area contributed by atoms with Gasteiger partial charge in [0.15, 0.2) is 0 Å². The van der Waals surface area contributed by atoms with Crippen molar-refractivity contribution >= 4 is 6.09 Å². The second kappa shape index (κ2) is 3.91. The molecule has 0 spiro atoms. The second-order valence-electron chi connectivity index (χ2n) is 6.01. The van der Waals surface area contributed by atoms with Crippen molar-refractivity contribution in [3.8, 4) is 0 Å². The zero-order valence-electron chi connectivity index (χ0n) is 10.3. The Bertz CT molecular complexity index is 284. The first-order valence-corrected chi connectivity index (χ1v) is 6.03. The molecule has 4 nitrogen and oxygen atoms in total. The molecule has 1 aliphatic carbocycles. The van der Waals surface area contributed by atoms with Crippen molar-refractivity contribution in [1.29, 1.82) is 0 Å². The number of fused-ring (bicyclic) bond motifs is 2. The highest BCUT2D eigenvalue weighted by atomic mass is 16.6. The van der Waals surface area contributed by atoms with E-state index in [0.29, 0.717) is 12.3 Å². The van der Waals surface area contributed by atoms with E-state index in [-0.39, 0.29) is 18.2 Å². The minimum atomic E-state index is -0.438. The molecular weight excluding hydrogens is 206 g/mol. The zero-order chi connectivity index (χ0) is 11.9. The average Bonchev–Trinajstić information content (AvgIpc) is 2.38. The number of likely N-dealkylation sites (tertiary alicyclic amines) is 1. The molecule has 3 atom stereocenters. The Balaban J connectivity index is 1.98. The third-order valence-electron chi connectivity index (χ3n) is 3.28. The van der Waals surface area contributed by atoms with Gasteiger partial charge in [-0.15, -0.1) is 0 Å².